The van der Waals surface area contributed by atoms with E-state index in [2.05, 4.69) is 81.1 Å². The fourth-order valence-corrected chi connectivity index (χ4v) is 3.80. The van der Waals surface area contributed by atoms with Crippen LogP contribution in [0.2, 0.25) is 0 Å². The summed E-state index contributed by atoms with van der Waals surface area (Å²) in [6, 6.07) is 21.7. The van der Waals surface area contributed by atoms with Crippen molar-refractivity contribution in [2.24, 2.45) is 0 Å². The van der Waals surface area contributed by atoms with Gasteiger partial charge in [0.2, 0.25) is 0 Å². The maximum absolute atomic E-state index is 8.25. The van der Waals surface area contributed by atoms with E-state index in [1.807, 2.05) is 0 Å². The van der Waals surface area contributed by atoms with E-state index in [4.69, 9.17) is 30.6 Å². The normalized spacial score (nSPS) is 15.8. The Morgan fingerprint density at radius 2 is 0.919 bits per heavy atom. The smallest absolute Gasteiger partial charge is 0.356 e. The molecule has 0 amide bonds. The van der Waals surface area contributed by atoms with Crippen molar-refractivity contribution < 1.29 is 27.2 Å². The van der Waals surface area contributed by atoms with Crippen molar-refractivity contribution >= 4 is 0 Å². The Balaban J connectivity index is 0.00000127. The minimum absolute atomic E-state index is 0. The zero-order valence-corrected chi connectivity index (χ0v) is 21.7. The summed E-state index contributed by atoms with van der Waals surface area (Å²) in [6.07, 6.45) is 2.40. The second-order valence-electron chi connectivity index (χ2n) is 8.18. The van der Waals surface area contributed by atoms with Crippen LogP contribution in [0.4, 0.5) is 0 Å². The first-order chi connectivity index (χ1) is 17.4. The van der Waals surface area contributed by atoms with Crippen molar-refractivity contribution in [1.82, 2.24) is 20.4 Å². The number of hydrogen-bond donors (Lipinski definition) is 2. The molecule has 0 bridgehead atoms. The second-order valence-corrected chi connectivity index (χ2v) is 8.18. The van der Waals surface area contributed by atoms with Gasteiger partial charge in [0.15, 0.2) is 0 Å². The summed E-state index contributed by atoms with van der Waals surface area (Å²) in [4.78, 5) is 21.7. The third-order valence-electron chi connectivity index (χ3n) is 5.36. The molecule has 1 aliphatic heterocycles. The van der Waals surface area contributed by atoms with Gasteiger partial charge in [0.1, 0.15) is 0 Å². The molecular formula is C24H36CuN6O6. The Morgan fingerprint density at radius 3 is 1.24 bits per heavy atom. The molecule has 2 N–H and O–H groups in total. The number of rotatable bonds is 4. The van der Waals surface area contributed by atoms with Crippen LogP contribution in [0.15, 0.2) is 60.7 Å². The van der Waals surface area contributed by atoms with Crippen molar-refractivity contribution in [3.63, 3.8) is 0 Å². The summed E-state index contributed by atoms with van der Waals surface area (Å²) in [5.41, 5.74) is 2.82. The molecule has 0 spiro atoms. The first-order valence-corrected chi connectivity index (χ1v) is 11.9. The number of hydrogen-bond acceptors (Lipinski definition) is 10. The van der Waals surface area contributed by atoms with E-state index in [0.717, 1.165) is 65.4 Å². The number of nitrogens with zero attached hydrogens (tertiary/aromatic N) is 4. The fraction of sp³-hybridized carbons (Fsp3) is 0.500. The summed E-state index contributed by atoms with van der Waals surface area (Å²) in [5, 5.41) is 36.8. The van der Waals surface area contributed by atoms with Crippen LogP contribution in [0.25, 0.3) is 0 Å². The molecule has 37 heavy (non-hydrogen) atoms. The summed E-state index contributed by atoms with van der Waals surface area (Å²) in [7, 11) is 0. The zero-order valence-electron chi connectivity index (χ0n) is 20.8. The molecule has 3 rings (SSSR count). The fourth-order valence-electron chi connectivity index (χ4n) is 3.80. The third kappa shape index (κ3) is 21.0. The molecule has 1 fully saturated rings. The van der Waals surface area contributed by atoms with Gasteiger partial charge in [0.25, 0.3) is 0 Å². The van der Waals surface area contributed by atoms with Gasteiger partial charge in [-0.3, -0.25) is 9.80 Å². The molecule has 0 aliphatic carbocycles. The SMILES string of the molecule is O=[N+]([O-])[O-].O=[N+]([O-])[O-].[Cu+2].c1ccc(CN2CCCNCCN(Cc3ccccc3)CCCNCC2)cc1. The third-order valence-corrected chi connectivity index (χ3v) is 5.36. The largest absolute Gasteiger partial charge is 2.00 e. The summed E-state index contributed by atoms with van der Waals surface area (Å²) < 4.78 is 0. The Hall–Kier alpha value is -2.80. The zero-order chi connectivity index (χ0) is 26.4. The van der Waals surface area contributed by atoms with Gasteiger partial charge in [-0.2, -0.15) is 0 Å². The summed E-state index contributed by atoms with van der Waals surface area (Å²) in [6.45, 7) is 11.0. The first kappa shape index (κ1) is 34.2. The van der Waals surface area contributed by atoms with Gasteiger partial charge in [0, 0.05) is 39.3 Å². The average molecular weight is 568 g/mol. The molecule has 2 aromatic rings. The molecule has 0 atom stereocenters. The van der Waals surface area contributed by atoms with E-state index in [0.29, 0.717) is 0 Å². The van der Waals surface area contributed by atoms with Gasteiger partial charge in [-0.05, 0) is 50.1 Å². The van der Waals surface area contributed by atoms with E-state index in [1.165, 1.54) is 24.0 Å². The molecule has 1 heterocycles. The van der Waals surface area contributed by atoms with Crippen LogP contribution in [0.3, 0.4) is 0 Å². The number of benzene rings is 2. The number of nitrogens with one attached hydrogen (secondary N) is 2. The van der Waals surface area contributed by atoms with E-state index < -0.39 is 10.2 Å². The predicted octanol–water partition coefficient (Wildman–Crippen LogP) is 2.48. The predicted molar refractivity (Wildman–Crippen MR) is 139 cm³/mol. The Labute approximate surface area is 228 Å². The molecule has 0 aromatic heterocycles. The van der Waals surface area contributed by atoms with Gasteiger partial charge in [0.05, 0.1) is 10.2 Å². The Morgan fingerprint density at radius 1 is 0.595 bits per heavy atom. The second kappa shape index (κ2) is 22.4. The molecular weight excluding hydrogens is 532 g/mol. The van der Waals surface area contributed by atoms with Crippen molar-refractivity contribution in [3.05, 3.63) is 102 Å². The van der Waals surface area contributed by atoms with Crippen LogP contribution in [-0.4, -0.2) is 72.3 Å². The summed E-state index contributed by atoms with van der Waals surface area (Å²) >= 11 is 0. The van der Waals surface area contributed by atoms with Gasteiger partial charge < -0.3 is 41.3 Å². The van der Waals surface area contributed by atoms with Crippen LogP contribution in [0.1, 0.15) is 24.0 Å². The molecule has 13 heteroatoms. The molecule has 0 unspecified atom stereocenters. The molecule has 1 saturated heterocycles. The molecule has 1 aliphatic rings. The first-order valence-electron chi connectivity index (χ1n) is 11.9. The van der Waals surface area contributed by atoms with Crippen LogP contribution >= 0.6 is 0 Å². The van der Waals surface area contributed by atoms with Crippen LogP contribution in [0.5, 0.6) is 0 Å². The van der Waals surface area contributed by atoms with E-state index >= 15 is 0 Å². The monoisotopic (exact) mass is 567 g/mol. The van der Waals surface area contributed by atoms with Crippen molar-refractivity contribution in [2.75, 3.05) is 52.4 Å². The quantitative estimate of drug-likeness (QED) is 0.318. The van der Waals surface area contributed by atoms with Crippen molar-refractivity contribution in [1.29, 1.82) is 0 Å². The standard InChI is InChI=1S/C24H36N4.Cu.2NO3/c1-3-9-23(10-4-1)21-27-17-7-13-26-16-20-28(18-8-14-25-15-19-27)22-24-11-5-2-6-12-24;;2*2-1(3)4/h1-6,9-12,25-26H,7-8,13-22H2;;;/q;+2;2*-1. The van der Waals surface area contributed by atoms with Crippen molar-refractivity contribution in [2.45, 2.75) is 25.9 Å². The molecule has 1 radical (unpaired) electrons. The van der Waals surface area contributed by atoms with Crippen LogP contribution in [0, 0.1) is 30.6 Å². The molecule has 209 valence electrons. The van der Waals surface area contributed by atoms with Crippen molar-refractivity contribution in [3.8, 4) is 0 Å². The Kier molecular flexibility index (Phi) is 20.7. The van der Waals surface area contributed by atoms with Gasteiger partial charge in [-0.15, -0.1) is 0 Å². The minimum atomic E-state index is -1.75. The van der Waals surface area contributed by atoms with E-state index in [1.54, 1.807) is 0 Å². The van der Waals surface area contributed by atoms with E-state index in [9.17, 15) is 0 Å². The molecule has 0 saturated carbocycles. The topological polar surface area (TPSA) is 163 Å². The molecule has 2 aromatic carbocycles. The minimum Gasteiger partial charge on any atom is -0.356 e. The maximum Gasteiger partial charge on any atom is 2.00 e. The van der Waals surface area contributed by atoms with Gasteiger partial charge in [-0.1, -0.05) is 60.7 Å². The van der Waals surface area contributed by atoms with Crippen LogP contribution in [-0.2, 0) is 30.2 Å². The van der Waals surface area contributed by atoms with Gasteiger partial charge >= 0.3 is 17.1 Å². The maximum atomic E-state index is 8.25. The average Bonchev–Trinajstić information content (AvgIpc) is 2.83. The van der Waals surface area contributed by atoms with Gasteiger partial charge in [-0.25, -0.2) is 0 Å². The summed E-state index contributed by atoms with van der Waals surface area (Å²) in [5.74, 6) is 0. The Bertz CT molecular complexity index is 743. The van der Waals surface area contributed by atoms with E-state index in [-0.39, 0.29) is 17.1 Å². The van der Waals surface area contributed by atoms with Crippen LogP contribution < -0.4 is 10.6 Å². The molecule has 12 nitrogen and oxygen atoms in total.